The van der Waals surface area contributed by atoms with Gasteiger partial charge in [0.05, 0.1) is 0 Å². The number of aromatic nitrogens is 2. The summed E-state index contributed by atoms with van der Waals surface area (Å²) in [6.07, 6.45) is 2.34. The smallest absolute Gasteiger partial charge is 0.259 e. The van der Waals surface area contributed by atoms with Crippen LogP contribution in [0, 0.1) is 0 Å². The maximum atomic E-state index is 12.0. The van der Waals surface area contributed by atoms with Gasteiger partial charge in [-0.3, -0.25) is 4.40 Å². The predicted octanol–water partition coefficient (Wildman–Crippen LogP) is 1.68. The van der Waals surface area contributed by atoms with Gasteiger partial charge in [-0.25, -0.2) is 18.1 Å². The van der Waals surface area contributed by atoms with Gasteiger partial charge in [0.2, 0.25) is 0 Å². The fourth-order valence-electron chi connectivity index (χ4n) is 1.49. The summed E-state index contributed by atoms with van der Waals surface area (Å²) in [4.78, 5) is 4.00. The molecule has 0 saturated heterocycles. The van der Waals surface area contributed by atoms with Crippen LogP contribution >= 0.6 is 11.6 Å². The molecule has 1 N–H and O–H groups in total. The molecule has 2 aromatic rings. The minimum absolute atomic E-state index is 0.0109. The zero-order chi connectivity index (χ0) is 12.5. The second kappa shape index (κ2) is 4.64. The molecule has 2 aromatic heterocycles. The Balaban J connectivity index is 2.58. The van der Waals surface area contributed by atoms with E-state index < -0.39 is 10.0 Å². The zero-order valence-electron chi connectivity index (χ0n) is 9.22. The topological polar surface area (TPSA) is 63.5 Å². The molecular weight excluding hydrogens is 262 g/mol. The van der Waals surface area contributed by atoms with E-state index in [1.807, 2.05) is 6.92 Å². The van der Waals surface area contributed by atoms with Crippen molar-refractivity contribution in [2.24, 2.45) is 0 Å². The normalized spacial score (nSPS) is 12.1. The molecule has 0 fully saturated rings. The second-order valence-electron chi connectivity index (χ2n) is 3.53. The lowest BCUT2D eigenvalue weighted by Crippen LogP contribution is -2.25. The summed E-state index contributed by atoms with van der Waals surface area (Å²) in [5, 5.41) is -0.0250. The summed E-state index contributed by atoms with van der Waals surface area (Å²) in [5.74, 6) is 0. The van der Waals surface area contributed by atoms with Crippen LogP contribution in [-0.4, -0.2) is 24.3 Å². The molecule has 0 amide bonds. The Morgan fingerprint density at radius 1 is 1.47 bits per heavy atom. The lowest BCUT2D eigenvalue weighted by molar-refractivity contribution is 0.576. The minimum atomic E-state index is -3.62. The molecule has 0 bridgehead atoms. The van der Waals surface area contributed by atoms with Gasteiger partial charge >= 0.3 is 0 Å². The van der Waals surface area contributed by atoms with E-state index in [0.717, 1.165) is 0 Å². The van der Waals surface area contributed by atoms with Gasteiger partial charge in [-0.2, -0.15) is 0 Å². The van der Waals surface area contributed by atoms with Gasteiger partial charge in [-0.15, -0.1) is 0 Å². The first-order valence-electron chi connectivity index (χ1n) is 5.18. The number of imidazole rings is 1. The molecule has 92 valence electrons. The largest absolute Gasteiger partial charge is 0.288 e. The number of hydrogen-bond donors (Lipinski definition) is 1. The molecule has 0 spiro atoms. The molecule has 7 heteroatoms. The lowest BCUT2D eigenvalue weighted by atomic mass is 10.5. The van der Waals surface area contributed by atoms with E-state index in [1.54, 1.807) is 24.4 Å². The fourth-order valence-corrected chi connectivity index (χ4v) is 3.26. The van der Waals surface area contributed by atoms with Crippen LogP contribution < -0.4 is 4.72 Å². The lowest BCUT2D eigenvalue weighted by Gasteiger charge is -2.05. The quantitative estimate of drug-likeness (QED) is 0.922. The Labute approximate surface area is 104 Å². The van der Waals surface area contributed by atoms with Crippen LogP contribution in [0.15, 0.2) is 29.4 Å². The monoisotopic (exact) mass is 273 g/mol. The number of hydrogen-bond acceptors (Lipinski definition) is 3. The standard InChI is InChI=1S/C10H12ClN3O2S/c1-2-6-12-17(15,16)10-9(11)13-8-5-3-4-7-14(8)10/h3-5,7,12H,2,6H2,1H3. The first kappa shape index (κ1) is 12.3. The molecule has 5 nitrogen and oxygen atoms in total. The van der Waals surface area contributed by atoms with E-state index in [1.165, 1.54) is 4.40 Å². The summed E-state index contributed by atoms with van der Waals surface area (Å²) in [5.41, 5.74) is 0.509. The molecule has 0 aromatic carbocycles. The zero-order valence-corrected chi connectivity index (χ0v) is 10.8. The fraction of sp³-hybridized carbons (Fsp3) is 0.300. The third-order valence-electron chi connectivity index (χ3n) is 2.24. The van der Waals surface area contributed by atoms with Crippen molar-refractivity contribution in [1.82, 2.24) is 14.1 Å². The Kier molecular flexibility index (Phi) is 3.37. The Morgan fingerprint density at radius 3 is 2.94 bits per heavy atom. The van der Waals surface area contributed by atoms with Gasteiger partial charge in [0, 0.05) is 12.7 Å². The molecule has 2 heterocycles. The van der Waals surface area contributed by atoms with E-state index in [2.05, 4.69) is 9.71 Å². The molecule has 0 atom stereocenters. The molecule has 0 aliphatic rings. The van der Waals surface area contributed by atoms with E-state index >= 15 is 0 Å². The van der Waals surface area contributed by atoms with Crippen molar-refractivity contribution in [3.63, 3.8) is 0 Å². The van der Waals surface area contributed by atoms with Gasteiger partial charge in [-0.05, 0) is 18.6 Å². The highest BCUT2D eigenvalue weighted by atomic mass is 35.5. The highest BCUT2D eigenvalue weighted by molar-refractivity contribution is 7.89. The average molecular weight is 274 g/mol. The summed E-state index contributed by atoms with van der Waals surface area (Å²) < 4.78 is 28.0. The van der Waals surface area contributed by atoms with Crippen LogP contribution in [0.4, 0.5) is 0 Å². The van der Waals surface area contributed by atoms with Crippen molar-refractivity contribution in [1.29, 1.82) is 0 Å². The molecule has 2 rings (SSSR count). The number of nitrogens with zero attached hydrogens (tertiary/aromatic N) is 2. The number of nitrogens with one attached hydrogen (secondary N) is 1. The SMILES string of the molecule is CCCNS(=O)(=O)c1c(Cl)nc2ccccn12. The number of fused-ring (bicyclic) bond motifs is 1. The Bertz CT molecular complexity index is 636. The number of halogens is 1. The van der Waals surface area contributed by atoms with E-state index in [-0.39, 0.29) is 10.2 Å². The first-order valence-corrected chi connectivity index (χ1v) is 7.04. The molecule has 0 radical (unpaired) electrons. The van der Waals surface area contributed by atoms with Crippen LogP contribution in [-0.2, 0) is 10.0 Å². The van der Waals surface area contributed by atoms with Crippen molar-refractivity contribution in [3.8, 4) is 0 Å². The minimum Gasteiger partial charge on any atom is -0.288 e. The molecule has 0 aliphatic carbocycles. The number of pyridine rings is 1. The highest BCUT2D eigenvalue weighted by Gasteiger charge is 2.23. The van der Waals surface area contributed by atoms with Gasteiger partial charge in [-0.1, -0.05) is 24.6 Å². The average Bonchev–Trinajstić information content (AvgIpc) is 2.63. The maximum absolute atomic E-state index is 12.0. The van der Waals surface area contributed by atoms with Crippen LogP contribution in [0.5, 0.6) is 0 Å². The maximum Gasteiger partial charge on any atom is 0.259 e. The van der Waals surface area contributed by atoms with Crippen molar-refractivity contribution in [2.45, 2.75) is 18.4 Å². The third kappa shape index (κ3) is 2.29. The summed E-state index contributed by atoms with van der Waals surface area (Å²) in [7, 11) is -3.62. The highest BCUT2D eigenvalue weighted by Crippen LogP contribution is 2.22. The number of sulfonamides is 1. The van der Waals surface area contributed by atoms with Gasteiger partial charge in [0.1, 0.15) is 5.65 Å². The van der Waals surface area contributed by atoms with Gasteiger partial charge in [0.25, 0.3) is 10.0 Å². The molecule has 17 heavy (non-hydrogen) atoms. The molecule has 0 saturated carbocycles. The Hall–Kier alpha value is -1.11. The van der Waals surface area contributed by atoms with E-state index in [4.69, 9.17) is 11.6 Å². The van der Waals surface area contributed by atoms with Crippen LogP contribution in [0.1, 0.15) is 13.3 Å². The summed E-state index contributed by atoms with van der Waals surface area (Å²) in [6.45, 7) is 2.26. The van der Waals surface area contributed by atoms with Crippen LogP contribution in [0.25, 0.3) is 5.65 Å². The molecule has 0 unspecified atom stereocenters. The Morgan fingerprint density at radius 2 is 2.24 bits per heavy atom. The van der Waals surface area contributed by atoms with Crippen molar-refractivity contribution in [3.05, 3.63) is 29.5 Å². The summed E-state index contributed by atoms with van der Waals surface area (Å²) >= 11 is 5.88. The van der Waals surface area contributed by atoms with E-state index in [0.29, 0.717) is 18.6 Å². The predicted molar refractivity (Wildman–Crippen MR) is 65.7 cm³/mol. The molecular formula is C10H12ClN3O2S. The van der Waals surface area contributed by atoms with Crippen molar-refractivity contribution < 1.29 is 8.42 Å². The second-order valence-corrected chi connectivity index (χ2v) is 5.57. The summed E-state index contributed by atoms with van der Waals surface area (Å²) in [6, 6.07) is 5.20. The van der Waals surface area contributed by atoms with Crippen LogP contribution in [0.2, 0.25) is 5.15 Å². The van der Waals surface area contributed by atoms with Crippen molar-refractivity contribution >= 4 is 27.3 Å². The first-order chi connectivity index (χ1) is 8.06. The number of rotatable bonds is 4. The van der Waals surface area contributed by atoms with Crippen LogP contribution in [0.3, 0.4) is 0 Å². The van der Waals surface area contributed by atoms with Gasteiger partial charge in [0.15, 0.2) is 10.2 Å². The van der Waals surface area contributed by atoms with E-state index in [9.17, 15) is 8.42 Å². The van der Waals surface area contributed by atoms with Gasteiger partial charge < -0.3 is 0 Å². The molecule has 0 aliphatic heterocycles. The van der Waals surface area contributed by atoms with Crippen molar-refractivity contribution in [2.75, 3.05) is 6.54 Å². The third-order valence-corrected chi connectivity index (χ3v) is 4.10.